The molecule has 1 aromatic carbocycles. The molecule has 1 N–H and O–H groups in total. The fourth-order valence-corrected chi connectivity index (χ4v) is 1.99. The van der Waals surface area contributed by atoms with E-state index in [1.807, 2.05) is 36.7 Å². The van der Waals surface area contributed by atoms with Crippen molar-refractivity contribution in [2.75, 3.05) is 7.05 Å². The second-order valence-electron chi connectivity index (χ2n) is 4.33. The zero-order chi connectivity index (χ0) is 13.1. The minimum Gasteiger partial charge on any atom is -0.361 e. The summed E-state index contributed by atoms with van der Waals surface area (Å²) in [5, 5.41) is 1.08. The number of para-hydroxylation sites is 1. The highest BCUT2D eigenvalue weighted by Gasteiger charge is 2.19. The van der Waals surface area contributed by atoms with Crippen molar-refractivity contribution in [3.05, 3.63) is 36.0 Å². The summed E-state index contributed by atoms with van der Waals surface area (Å²) in [7, 11) is 1.62. The highest BCUT2D eigenvalue weighted by atomic mass is 16.2. The van der Waals surface area contributed by atoms with Crippen LogP contribution >= 0.6 is 0 Å². The molecule has 0 aliphatic heterocycles. The molecule has 93 valence electrons. The maximum absolute atomic E-state index is 11.3. The van der Waals surface area contributed by atoms with Crippen LogP contribution < -0.4 is 0 Å². The molecule has 0 saturated heterocycles. The summed E-state index contributed by atoms with van der Waals surface area (Å²) in [5.74, 6) is -0.136. The standard InChI is InChI=1S/C14H15N2O2/c1-10(18)16(2)12(9-17)7-11-8-15-14-6-4-3-5-13(11)14/h3-6,8,12,15H,7H2,1-2H3/t12-/m0/s1. The van der Waals surface area contributed by atoms with E-state index in [-0.39, 0.29) is 5.91 Å². The largest absolute Gasteiger partial charge is 0.361 e. The number of likely N-dealkylation sites (N-methyl/N-ethyl adjacent to an activating group) is 1. The molecule has 1 radical (unpaired) electrons. The van der Waals surface area contributed by atoms with Gasteiger partial charge in [-0.1, -0.05) is 18.2 Å². The normalized spacial score (nSPS) is 12.3. The molecule has 0 aliphatic rings. The van der Waals surface area contributed by atoms with Crippen LogP contribution in [0.15, 0.2) is 30.5 Å². The third kappa shape index (κ3) is 2.27. The third-order valence-corrected chi connectivity index (χ3v) is 3.19. The number of rotatable bonds is 4. The Morgan fingerprint density at radius 3 is 2.83 bits per heavy atom. The number of fused-ring (bicyclic) bond motifs is 1. The topological polar surface area (TPSA) is 53.2 Å². The summed E-state index contributed by atoms with van der Waals surface area (Å²) >= 11 is 0. The second kappa shape index (κ2) is 5.04. The molecular weight excluding hydrogens is 228 g/mol. The number of aromatic nitrogens is 1. The SMILES string of the molecule is CC(=O)N(C)[C@H]([C]=O)Cc1c[nH]c2ccccc12. The summed E-state index contributed by atoms with van der Waals surface area (Å²) in [4.78, 5) is 26.8. The number of aromatic amines is 1. The monoisotopic (exact) mass is 243 g/mol. The van der Waals surface area contributed by atoms with E-state index in [0.717, 1.165) is 16.5 Å². The lowest BCUT2D eigenvalue weighted by atomic mass is 10.0. The van der Waals surface area contributed by atoms with Gasteiger partial charge in [0.25, 0.3) is 0 Å². The second-order valence-corrected chi connectivity index (χ2v) is 4.33. The van der Waals surface area contributed by atoms with Crippen LogP contribution in [0.3, 0.4) is 0 Å². The summed E-state index contributed by atoms with van der Waals surface area (Å²) in [6, 6.07) is 7.34. The Kier molecular flexibility index (Phi) is 3.46. The predicted molar refractivity (Wildman–Crippen MR) is 69.9 cm³/mol. The molecule has 2 aromatic rings. The van der Waals surface area contributed by atoms with Gasteiger partial charge >= 0.3 is 0 Å². The van der Waals surface area contributed by atoms with Crippen LogP contribution in [0, 0.1) is 0 Å². The summed E-state index contributed by atoms with van der Waals surface area (Å²) in [6.45, 7) is 1.44. The van der Waals surface area contributed by atoms with Gasteiger partial charge in [0.1, 0.15) is 6.04 Å². The highest BCUT2D eigenvalue weighted by molar-refractivity contribution is 5.84. The van der Waals surface area contributed by atoms with Gasteiger partial charge in [-0.05, 0) is 11.6 Å². The zero-order valence-electron chi connectivity index (χ0n) is 10.4. The predicted octanol–water partition coefficient (Wildman–Crippen LogP) is 1.67. The molecule has 4 heteroatoms. The van der Waals surface area contributed by atoms with Crippen molar-refractivity contribution in [1.29, 1.82) is 0 Å². The minimum absolute atomic E-state index is 0.136. The fourth-order valence-electron chi connectivity index (χ4n) is 1.99. The number of H-pyrrole nitrogens is 1. The molecule has 1 heterocycles. The Morgan fingerprint density at radius 1 is 1.44 bits per heavy atom. The number of benzene rings is 1. The van der Waals surface area contributed by atoms with Gasteiger partial charge in [-0.25, -0.2) is 0 Å². The van der Waals surface area contributed by atoms with Crippen molar-refractivity contribution < 1.29 is 9.59 Å². The first-order valence-corrected chi connectivity index (χ1v) is 5.79. The van der Waals surface area contributed by atoms with E-state index >= 15 is 0 Å². The van der Waals surface area contributed by atoms with Gasteiger partial charge in [0.05, 0.1) is 0 Å². The third-order valence-electron chi connectivity index (χ3n) is 3.19. The molecule has 0 bridgehead atoms. The maximum atomic E-state index is 11.3. The molecule has 1 aromatic heterocycles. The van der Waals surface area contributed by atoms with Crippen molar-refractivity contribution in [2.24, 2.45) is 0 Å². The van der Waals surface area contributed by atoms with E-state index in [0.29, 0.717) is 6.42 Å². The first-order chi connectivity index (χ1) is 8.63. The van der Waals surface area contributed by atoms with Crippen LogP contribution in [0.2, 0.25) is 0 Å². The number of hydrogen-bond acceptors (Lipinski definition) is 2. The van der Waals surface area contributed by atoms with Crippen molar-refractivity contribution in [1.82, 2.24) is 9.88 Å². The molecule has 0 fully saturated rings. The van der Waals surface area contributed by atoms with Gasteiger partial charge < -0.3 is 9.88 Å². The van der Waals surface area contributed by atoms with E-state index in [1.165, 1.54) is 11.8 Å². The van der Waals surface area contributed by atoms with Crippen LogP contribution in [-0.2, 0) is 16.0 Å². The molecule has 1 atom stereocenters. The summed E-state index contributed by atoms with van der Waals surface area (Å²) < 4.78 is 0. The van der Waals surface area contributed by atoms with E-state index in [9.17, 15) is 9.59 Å². The molecular formula is C14H15N2O2. The molecule has 18 heavy (non-hydrogen) atoms. The lowest BCUT2D eigenvalue weighted by molar-refractivity contribution is -0.128. The molecule has 0 unspecified atom stereocenters. The number of nitrogens with zero attached hydrogens (tertiary/aromatic N) is 1. The highest BCUT2D eigenvalue weighted by Crippen LogP contribution is 2.19. The van der Waals surface area contributed by atoms with Crippen LogP contribution in [0.5, 0.6) is 0 Å². The first kappa shape index (κ1) is 12.4. The fraction of sp³-hybridized carbons (Fsp3) is 0.286. The minimum atomic E-state index is -0.540. The first-order valence-electron chi connectivity index (χ1n) is 5.79. The number of carbonyl (C=O) groups excluding carboxylic acids is 2. The molecule has 1 amide bonds. The maximum Gasteiger partial charge on any atom is 0.223 e. The Morgan fingerprint density at radius 2 is 2.17 bits per heavy atom. The van der Waals surface area contributed by atoms with Crippen molar-refractivity contribution in [3.63, 3.8) is 0 Å². The average molecular weight is 243 g/mol. The van der Waals surface area contributed by atoms with Crippen molar-refractivity contribution in [3.8, 4) is 0 Å². The van der Waals surface area contributed by atoms with E-state index < -0.39 is 6.04 Å². The van der Waals surface area contributed by atoms with Gasteiger partial charge in [-0.3, -0.25) is 9.59 Å². The van der Waals surface area contributed by atoms with E-state index in [2.05, 4.69) is 4.98 Å². The Labute approximate surface area is 106 Å². The molecule has 0 saturated carbocycles. The van der Waals surface area contributed by atoms with Crippen LogP contribution in [0.25, 0.3) is 10.9 Å². The van der Waals surface area contributed by atoms with Crippen LogP contribution in [0.1, 0.15) is 12.5 Å². The van der Waals surface area contributed by atoms with Crippen molar-refractivity contribution >= 4 is 23.1 Å². The van der Waals surface area contributed by atoms with Gasteiger partial charge in [-0.15, -0.1) is 0 Å². The summed E-state index contributed by atoms with van der Waals surface area (Å²) in [5.41, 5.74) is 2.05. The average Bonchev–Trinajstić information content (AvgIpc) is 2.78. The summed E-state index contributed by atoms with van der Waals surface area (Å²) in [6.07, 6.45) is 4.28. The Balaban J connectivity index is 2.27. The number of amides is 1. The Hall–Kier alpha value is -2.10. The van der Waals surface area contributed by atoms with E-state index in [4.69, 9.17) is 0 Å². The molecule has 2 rings (SSSR count). The Bertz CT molecular complexity index is 574. The number of carbonyl (C=O) groups is 1. The lowest BCUT2D eigenvalue weighted by Crippen LogP contribution is -2.38. The smallest absolute Gasteiger partial charge is 0.223 e. The van der Waals surface area contributed by atoms with Gasteiger partial charge in [-0.2, -0.15) is 0 Å². The number of nitrogens with one attached hydrogen (secondary N) is 1. The molecule has 4 nitrogen and oxygen atoms in total. The van der Waals surface area contributed by atoms with Crippen molar-refractivity contribution in [2.45, 2.75) is 19.4 Å². The molecule has 0 spiro atoms. The quantitative estimate of drug-likeness (QED) is 0.888. The van der Waals surface area contributed by atoms with Crippen LogP contribution in [0.4, 0.5) is 0 Å². The van der Waals surface area contributed by atoms with Gasteiger partial charge in [0, 0.05) is 37.5 Å². The lowest BCUT2D eigenvalue weighted by Gasteiger charge is -2.21. The van der Waals surface area contributed by atoms with Gasteiger partial charge in [0.2, 0.25) is 12.2 Å². The van der Waals surface area contributed by atoms with E-state index in [1.54, 1.807) is 7.05 Å². The number of hydrogen-bond donors (Lipinski definition) is 1. The van der Waals surface area contributed by atoms with Gasteiger partial charge in [0.15, 0.2) is 0 Å². The van der Waals surface area contributed by atoms with Crippen LogP contribution in [-0.4, -0.2) is 35.2 Å². The molecule has 0 aliphatic carbocycles. The zero-order valence-corrected chi connectivity index (χ0v) is 10.4.